The predicted octanol–water partition coefficient (Wildman–Crippen LogP) is 3.03. The molecule has 118 valence electrons. The van der Waals surface area contributed by atoms with E-state index >= 15 is 0 Å². The third-order valence-corrected chi connectivity index (χ3v) is 4.61. The monoisotopic (exact) mass is 420 g/mol. The first-order chi connectivity index (χ1) is 10.1. The fourth-order valence-electron chi connectivity index (χ4n) is 2.49. The zero-order chi connectivity index (χ0) is 15.2. The van der Waals surface area contributed by atoms with Crippen LogP contribution in [0.5, 0.6) is 5.75 Å². The van der Waals surface area contributed by atoms with Gasteiger partial charge in [-0.1, -0.05) is 15.9 Å². The topological polar surface area (TPSA) is 33.7 Å². The van der Waals surface area contributed by atoms with Gasteiger partial charge in [-0.25, -0.2) is 0 Å². The molecule has 0 spiro atoms. The average molecular weight is 422 g/mol. The number of rotatable bonds is 6. The molecule has 1 fully saturated rings. The number of nitrogens with zero attached hydrogens (tertiary/aromatic N) is 1. The highest BCUT2D eigenvalue weighted by Gasteiger charge is 2.15. The normalized spacial score (nSPS) is 17.7. The van der Waals surface area contributed by atoms with Gasteiger partial charge >= 0.3 is 0 Å². The molecule has 2 rings (SSSR count). The van der Waals surface area contributed by atoms with E-state index in [1.165, 1.54) is 0 Å². The Morgan fingerprint density at radius 2 is 2.05 bits per heavy atom. The smallest absolute Gasteiger partial charge is 0.137 e. The van der Waals surface area contributed by atoms with Gasteiger partial charge in [-0.05, 0) is 35.0 Å². The average Bonchev–Trinajstić information content (AvgIpc) is 2.45. The molecule has 0 aromatic heterocycles. The fraction of sp³-hybridized carbons (Fsp3) is 0.600. The van der Waals surface area contributed by atoms with Crippen LogP contribution in [0.1, 0.15) is 12.5 Å². The molecule has 1 aromatic carbocycles. The van der Waals surface area contributed by atoms with Crippen LogP contribution >= 0.6 is 31.9 Å². The van der Waals surface area contributed by atoms with Crippen molar-refractivity contribution >= 4 is 31.9 Å². The van der Waals surface area contributed by atoms with Gasteiger partial charge in [-0.15, -0.1) is 0 Å². The van der Waals surface area contributed by atoms with Gasteiger partial charge in [-0.2, -0.15) is 0 Å². The maximum absolute atomic E-state index is 5.48. The number of benzene rings is 1. The first-order valence-electron chi connectivity index (χ1n) is 7.15. The molecular weight excluding hydrogens is 400 g/mol. The van der Waals surface area contributed by atoms with Crippen molar-refractivity contribution in [3.8, 4) is 5.75 Å². The Balaban J connectivity index is 1.89. The van der Waals surface area contributed by atoms with Crippen molar-refractivity contribution in [2.45, 2.75) is 19.5 Å². The van der Waals surface area contributed by atoms with E-state index in [0.29, 0.717) is 6.04 Å². The summed E-state index contributed by atoms with van der Waals surface area (Å²) in [6.45, 7) is 7.79. The molecule has 0 saturated carbocycles. The van der Waals surface area contributed by atoms with Crippen molar-refractivity contribution in [3.63, 3.8) is 0 Å². The Kier molecular flexibility index (Phi) is 6.95. The van der Waals surface area contributed by atoms with Gasteiger partial charge in [0.25, 0.3) is 0 Å². The van der Waals surface area contributed by atoms with Crippen LogP contribution < -0.4 is 10.1 Å². The van der Waals surface area contributed by atoms with Crippen molar-refractivity contribution < 1.29 is 9.47 Å². The molecule has 21 heavy (non-hydrogen) atoms. The number of morpholine rings is 1. The van der Waals surface area contributed by atoms with E-state index in [-0.39, 0.29) is 0 Å². The summed E-state index contributed by atoms with van der Waals surface area (Å²) in [4.78, 5) is 2.44. The van der Waals surface area contributed by atoms with E-state index in [4.69, 9.17) is 9.47 Å². The van der Waals surface area contributed by atoms with E-state index in [9.17, 15) is 0 Å². The molecule has 1 aromatic rings. The van der Waals surface area contributed by atoms with E-state index < -0.39 is 0 Å². The fourth-order valence-corrected chi connectivity index (χ4v) is 3.97. The number of halogens is 2. The standard InChI is InChI=1S/C15H22Br2N2O2/c1-11(10-19-3-5-21-6-4-19)18-9-12-7-13(16)8-14(17)15(12)20-2/h7-8,11,18H,3-6,9-10H2,1-2H3. The van der Waals surface area contributed by atoms with Gasteiger partial charge in [0.05, 0.1) is 24.8 Å². The first kappa shape index (κ1) is 17.2. The molecule has 1 aliphatic heterocycles. The second kappa shape index (κ2) is 8.48. The van der Waals surface area contributed by atoms with Crippen LogP contribution in [-0.4, -0.2) is 50.9 Å². The van der Waals surface area contributed by atoms with Gasteiger partial charge in [0.2, 0.25) is 0 Å². The molecule has 4 nitrogen and oxygen atoms in total. The van der Waals surface area contributed by atoms with Crippen molar-refractivity contribution in [1.82, 2.24) is 10.2 Å². The molecule has 0 radical (unpaired) electrons. The zero-order valence-electron chi connectivity index (χ0n) is 12.5. The molecule has 1 heterocycles. The maximum Gasteiger partial charge on any atom is 0.137 e. The molecule has 1 aliphatic rings. The van der Waals surface area contributed by atoms with Crippen LogP contribution in [0.3, 0.4) is 0 Å². The second-order valence-corrected chi connectivity index (χ2v) is 7.04. The number of methoxy groups -OCH3 is 1. The van der Waals surface area contributed by atoms with E-state index in [2.05, 4.69) is 55.1 Å². The second-order valence-electron chi connectivity index (χ2n) is 5.27. The molecule has 6 heteroatoms. The van der Waals surface area contributed by atoms with E-state index in [1.807, 2.05) is 6.07 Å². The third-order valence-electron chi connectivity index (χ3n) is 3.57. The van der Waals surface area contributed by atoms with Crippen LogP contribution in [0.25, 0.3) is 0 Å². The lowest BCUT2D eigenvalue weighted by Gasteiger charge is -2.29. The molecule has 1 atom stereocenters. The largest absolute Gasteiger partial charge is 0.495 e. The quantitative estimate of drug-likeness (QED) is 0.765. The molecular formula is C15H22Br2N2O2. The molecule has 0 aliphatic carbocycles. The number of ether oxygens (including phenoxy) is 2. The van der Waals surface area contributed by atoms with Crippen LogP contribution in [0.2, 0.25) is 0 Å². The third kappa shape index (κ3) is 5.21. The van der Waals surface area contributed by atoms with E-state index in [1.54, 1.807) is 7.11 Å². The molecule has 0 bridgehead atoms. The lowest BCUT2D eigenvalue weighted by atomic mass is 10.2. The maximum atomic E-state index is 5.48. The highest BCUT2D eigenvalue weighted by molar-refractivity contribution is 9.11. The Morgan fingerprint density at radius 3 is 2.71 bits per heavy atom. The van der Waals surface area contributed by atoms with Crippen LogP contribution in [0.15, 0.2) is 21.1 Å². The minimum Gasteiger partial charge on any atom is -0.495 e. The highest BCUT2D eigenvalue weighted by Crippen LogP contribution is 2.32. The summed E-state index contributed by atoms with van der Waals surface area (Å²) in [5, 5.41) is 3.57. The minimum absolute atomic E-state index is 0.422. The zero-order valence-corrected chi connectivity index (χ0v) is 15.7. The number of hydrogen-bond acceptors (Lipinski definition) is 4. The van der Waals surface area contributed by atoms with Crippen molar-refractivity contribution in [3.05, 3.63) is 26.6 Å². The van der Waals surface area contributed by atoms with Crippen LogP contribution in [-0.2, 0) is 11.3 Å². The molecule has 1 N–H and O–H groups in total. The lowest BCUT2D eigenvalue weighted by molar-refractivity contribution is 0.0343. The molecule has 1 saturated heterocycles. The van der Waals surface area contributed by atoms with Crippen molar-refractivity contribution in [1.29, 1.82) is 0 Å². The Bertz CT molecular complexity index is 465. The summed E-state index contributed by atoms with van der Waals surface area (Å²) in [6.07, 6.45) is 0. The Labute approximate surface area is 143 Å². The van der Waals surface area contributed by atoms with Gasteiger partial charge in [0.15, 0.2) is 0 Å². The lowest BCUT2D eigenvalue weighted by Crippen LogP contribution is -2.44. The van der Waals surface area contributed by atoms with Crippen LogP contribution in [0.4, 0.5) is 0 Å². The molecule has 1 unspecified atom stereocenters. The summed E-state index contributed by atoms with van der Waals surface area (Å²) in [6, 6.07) is 4.52. The number of nitrogens with one attached hydrogen (secondary N) is 1. The van der Waals surface area contributed by atoms with Crippen LogP contribution in [0, 0.1) is 0 Å². The summed E-state index contributed by atoms with van der Waals surface area (Å²) < 4.78 is 12.9. The van der Waals surface area contributed by atoms with Gasteiger partial charge in [0, 0.05) is 42.3 Å². The minimum atomic E-state index is 0.422. The van der Waals surface area contributed by atoms with Gasteiger partial charge in [-0.3, -0.25) is 4.90 Å². The summed E-state index contributed by atoms with van der Waals surface area (Å²) in [5.74, 6) is 0.893. The van der Waals surface area contributed by atoms with E-state index in [0.717, 1.165) is 59.7 Å². The van der Waals surface area contributed by atoms with Crippen molar-refractivity contribution in [2.75, 3.05) is 40.0 Å². The van der Waals surface area contributed by atoms with Gasteiger partial charge < -0.3 is 14.8 Å². The van der Waals surface area contributed by atoms with Crippen molar-refractivity contribution in [2.24, 2.45) is 0 Å². The summed E-state index contributed by atoms with van der Waals surface area (Å²) >= 11 is 7.07. The summed E-state index contributed by atoms with van der Waals surface area (Å²) in [5.41, 5.74) is 1.15. The highest BCUT2D eigenvalue weighted by atomic mass is 79.9. The number of hydrogen-bond donors (Lipinski definition) is 1. The SMILES string of the molecule is COc1c(Br)cc(Br)cc1CNC(C)CN1CCOCC1. The first-order valence-corrected chi connectivity index (χ1v) is 8.74. The molecule has 0 amide bonds. The predicted molar refractivity (Wildman–Crippen MR) is 92.0 cm³/mol. The van der Waals surface area contributed by atoms with Gasteiger partial charge in [0.1, 0.15) is 5.75 Å². The Morgan fingerprint density at radius 1 is 1.33 bits per heavy atom. The Hall–Kier alpha value is -0.140. The summed E-state index contributed by atoms with van der Waals surface area (Å²) in [7, 11) is 1.70.